The van der Waals surface area contributed by atoms with Crippen molar-refractivity contribution in [3.8, 4) is 11.5 Å². The van der Waals surface area contributed by atoms with Crippen LogP contribution in [0, 0.1) is 12.7 Å². The SMILES string of the molecule is COc1ccc(OC)c(NC(=O)C[C@H]2SC(N3N=C(c4ccc(F)cc4)C[C@@H]3c3ccc(C)cc3)=NC2=O)c1. The normalized spacial score (nSPS) is 18.6. The highest BCUT2D eigenvalue weighted by Crippen LogP contribution is 2.39. The van der Waals surface area contributed by atoms with Crippen molar-refractivity contribution in [1.82, 2.24) is 5.01 Å². The molecule has 1 N–H and O–H groups in total. The zero-order valence-electron chi connectivity index (χ0n) is 21.7. The molecular weight excluding hydrogens is 519 g/mol. The lowest BCUT2D eigenvalue weighted by Gasteiger charge is -2.23. The zero-order chi connectivity index (χ0) is 27.5. The van der Waals surface area contributed by atoms with Crippen molar-refractivity contribution in [2.24, 2.45) is 10.1 Å². The van der Waals surface area contributed by atoms with E-state index in [0.717, 1.165) is 22.4 Å². The summed E-state index contributed by atoms with van der Waals surface area (Å²) in [7, 11) is 3.04. The molecule has 2 amide bonds. The number of anilines is 1. The van der Waals surface area contributed by atoms with Gasteiger partial charge in [0, 0.05) is 18.9 Å². The second kappa shape index (κ2) is 11.3. The summed E-state index contributed by atoms with van der Waals surface area (Å²) in [6.45, 7) is 2.02. The highest BCUT2D eigenvalue weighted by Gasteiger charge is 2.39. The van der Waals surface area contributed by atoms with Crippen molar-refractivity contribution < 1.29 is 23.5 Å². The number of carbonyl (C=O) groups is 2. The summed E-state index contributed by atoms with van der Waals surface area (Å²) in [5.41, 5.74) is 4.16. The Bertz CT molecular complexity index is 1460. The van der Waals surface area contributed by atoms with Gasteiger partial charge in [-0.3, -0.25) is 9.59 Å². The van der Waals surface area contributed by atoms with E-state index in [4.69, 9.17) is 14.6 Å². The molecule has 0 saturated carbocycles. The van der Waals surface area contributed by atoms with E-state index in [-0.39, 0.29) is 24.2 Å². The lowest BCUT2D eigenvalue weighted by Crippen LogP contribution is -2.25. The number of amides is 2. The number of nitrogens with one attached hydrogen (secondary N) is 1. The largest absolute Gasteiger partial charge is 0.497 e. The molecule has 5 rings (SSSR count). The molecule has 0 aromatic heterocycles. The second-order valence-corrected chi connectivity index (χ2v) is 10.4. The van der Waals surface area contributed by atoms with Crippen LogP contribution < -0.4 is 14.8 Å². The van der Waals surface area contributed by atoms with Crippen molar-refractivity contribution in [2.45, 2.75) is 31.1 Å². The maximum Gasteiger partial charge on any atom is 0.262 e. The Morgan fingerprint density at radius 1 is 1.08 bits per heavy atom. The number of benzene rings is 3. The van der Waals surface area contributed by atoms with E-state index in [1.54, 1.807) is 35.3 Å². The first kappa shape index (κ1) is 26.4. The van der Waals surface area contributed by atoms with E-state index in [2.05, 4.69) is 10.3 Å². The Hall–Kier alpha value is -4.18. The smallest absolute Gasteiger partial charge is 0.262 e. The van der Waals surface area contributed by atoms with Gasteiger partial charge >= 0.3 is 0 Å². The zero-order valence-corrected chi connectivity index (χ0v) is 22.5. The van der Waals surface area contributed by atoms with Gasteiger partial charge < -0.3 is 14.8 Å². The first-order valence-electron chi connectivity index (χ1n) is 12.3. The summed E-state index contributed by atoms with van der Waals surface area (Å²) in [4.78, 5) is 30.1. The molecular formula is C29H27FN4O4S. The molecule has 3 aromatic carbocycles. The summed E-state index contributed by atoms with van der Waals surface area (Å²) >= 11 is 1.22. The minimum atomic E-state index is -0.694. The molecule has 2 atom stereocenters. The number of carbonyl (C=O) groups excluding carboxylic acids is 2. The van der Waals surface area contributed by atoms with E-state index in [1.165, 1.54) is 38.1 Å². The Balaban J connectivity index is 1.34. The summed E-state index contributed by atoms with van der Waals surface area (Å²) in [6.07, 6.45) is 0.484. The molecule has 0 saturated heterocycles. The summed E-state index contributed by atoms with van der Waals surface area (Å²) < 4.78 is 24.1. The van der Waals surface area contributed by atoms with Gasteiger partial charge in [0.25, 0.3) is 5.91 Å². The summed E-state index contributed by atoms with van der Waals surface area (Å²) in [5.74, 6) is -0.0220. The van der Waals surface area contributed by atoms with E-state index < -0.39 is 11.2 Å². The number of ether oxygens (including phenoxy) is 2. The van der Waals surface area contributed by atoms with E-state index in [0.29, 0.717) is 28.8 Å². The molecule has 0 spiro atoms. The van der Waals surface area contributed by atoms with Gasteiger partial charge in [0.05, 0.1) is 31.7 Å². The van der Waals surface area contributed by atoms with Crippen molar-refractivity contribution in [1.29, 1.82) is 0 Å². The lowest BCUT2D eigenvalue weighted by atomic mass is 9.98. The fourth-order valence-electron chi connectivity index (χ4n) is 4.44. The molecule has 3 aromatic rings. The standard InChI is InChI=1S/C29H27FN4O4S/c1-17-4-6-19(7-5-17)24-15-22(18-8-10-20(30)11-9-18)33-34(24)29-32-28(36)26(39-29)16-27(35)31-23-14-21(37-2)12-13-25(23)38-3/h4-14,24,26H,15-16H2,1-3H3,(H,31,35)/t24-,26-/m1/s1. The quantitative estimate of drug-likeness (QED) is 0.431. The van der Waals surface area contributed by atoms with Crippen LogP contribution in [0.15, 0.2) is 76.8 Å². The maximum atomic E-state index is 13.5. The van der Waals surface area contributed by atoms with Crippen LogP contribution in [-0.4, -0.2) is 47.2 Å². The van der Waals surface area contributed by atoms with Crippen molar-refractivity contribution >= 4 is 40.1 Å². The number of hydrazone groups is 1. The monoisotopic (exact) mass is 546 g/mol. The molecule has 2 aliphatic rings. The molecule has 0 aliphatic carbocycles. The number of nitrogens with zero attached hydrogens (tertiary/aromatic N) is 3. The van der Waals surface area contributed by atoms with Crippen molar-refractivity contribution in [3.05, 3.63) is 89.2 Å². The Morgan fingerprint density at radius 2 is 1.82 bits per heavy atom. The molecule has 10 heteroatoms. The molecule has 0 bridgehead atoms. The molecule has 0 radical (unpaired) electrons. The number of aliphatic imine (C=N–C) groups is 1. The summed E-state index contributed by atoms with van der Waals surface area (Å²) in [6, 6.07) is 19.2. The Labute approximate surface area is 229 Å². The van der Waals surface area contributed by atoms with E-state index >= 15 is 0 Å². The average molecular weight is 547 g/mol. The molecule has 39 heavy (non-hydrogen) atoms. The van der Waals surface area contributed by atoms with Crippen LogP contribution in [0.25, 0.3) is 0 Å². The number of aryl methyl sites for hydroxylation is 1. The van der Waals surface area contributed by atoms with Crippen molar-refractivity contribution in [3.63, 3.8) is 0 Å². The highest BCUT2D eigenvalue weighted by atomic mass is 32.2. The van der Waals surface area contributed by atoms with Crippen LogP contribution >= 0.6 is 11.8 Å². The lowest BCUT2D eigenvalue weighted by molar-refractivity contribution is -0.121. The van der Waals surface area contributed by atoms with Crippen LogP contribution in [0.4, 0.5) is 10.1 Å². The van der Waals surface area contributed by atoms with Crippen LogP contribution in [0.3, 0.4) is 0 Å². The van der Waals surface area contributed by atoms with Gasteiger partial charge in [-0.05, 0) is 42.3 Å². The van der Waals surface area contributed by atoms with Gasteiger partial charge in [0.1, 0.15) is 22.6 Å². The maximum absolute atomic E-state index is 13.5. The third-order valence-corrected chi connectivity index (χ3v) is 7.67. The van der Waals surface area contributed by atoms with Gasteiger partial charge in [0.15, 0.2) is 5.17 Å². The molecule has 8 nitrogen and oxygen atoms in total. The first-order valence-corrected chi connectivity index (χ1v) is 13.2. The molecule has 200 valence electrons. The van der Waals surface area contributed by atoms with Crippen molar-refractivity contribution in [2.75, 3.05) is 19.5 Å². The van der Waals surface area contributed by atoms with Gasteiger partial charge in [0.2, 0.25) is 5.91 Å². The number of rotatable bonds is 7. The fourth-order valence-corrected chi connectivity index (χ4v) is 5.50. The Morgan fingerprint density at radius 3 is 2.51 bits per heavy atom. The predicted molar refractivity (Wildman–Crippen MR) is 150 cm³/mol. The molecule has 0 fully saturated rings. The molecule has 0 unspecified atom stereocenters. The molecule has 2 aliphatic heterocycles. The number of hydrogen-bond donors (Lipinski definition) is 1. The van der Waals surface area contributed by atoms with E-state index in [1.807, 2.05) is 31.2 Å². The number of amidine groups is 1. The number of methoxy groups -OCH3 is 2. The number of thioether (sulfide) groups is 1. The summed E-state index contributed by atoms with van der Waals surface area (Å²) in [5, 5.41) is 9.09. The van der Waals surface area contributed by atoms with Crippen LogP contribution in [-0.2, 0) is 9.59 Å². The minimum Gasteiger partial charge on any atom is -0.497 e. The first-order chi connectivity index (χ1) is 18.8. The van der Waals surface area contributed by atoms with Gasteiger partial charge in [-0.1, -0.05) is 53.7 Å². The highest BCUT2D eigenvalue weighted by molar-refractivity contribution is 8.15. The minimum absolute atomic E-state index is 0.0750. The van der Waals surface area contributed by atoms with Crippen LogP contribution in [0.5, 0.6) is 11.5 Å². The number of hydrogen-bond acceptors (Lipinski definition) is 7. The number of halogens is 1. The van der Waals surface area contributed by atoms with Crippen LogP contribution in [0.1, 0.15) is 35.6 Å². The molecule has 2 heterocycles. The van der Waals surface area contributed by atoms with Gasteiger partial charge in [-0.15, -0.1) is 0 Å². The topological polar surface area (TPSA) is 92.6 Å². The van der Waals surface area contributed by atoms with E-state index in [9.17, 15) is 14.0 Å². The fraction of sp³-hybridized carbons (Fsp3) is 0.241. The average Bonchev–Trinajstić information content (AvgIpc) is 3.53. The third-order valence-electron chi connectivity index (χ3n) is 6.53. The predicted octanol–water partition coefficient (Wildman–Crippen LogP) is 5.33. The second-order valence-electron chi connectivity index (χ2n) is 9.19. The third kappa shape index (κ3) is 5.80. The van der Waals surface area contributed by atoms with Gasteiger partial charge in [-0.25, -0.2) is 9.40 Å². The van der Waals surface area contributed by atoms with Crippen LogP contribution in [0.2, 0.25) is 0 Å². The Kier molecular flexibility index (Phi) is 7.65. The van der Waals surface area contributed by atoms with Gasteiger partial charge in [-0.2, -0.15) is 10.1 Å².